The topological polar surface area (TPSA) is 92.9 Å². The molecular formula is C17H19N5O2S. The van der Waals surface area contributed by atoms with E-state index in [1.807, 2.05) is 19.1 Å². The van der Waals surface area contributed by atoms with Gasteiger partial charge in [0, 0.05) is 11.6 Å². The third-order valence-electron chi connectivity index (χ3n) is 3.72. The maximum atomic E-state index is 12.0. The first-order chi connectivity index (χ1) is 12.0. The van der Waals surface area contributed by atoms with Crippen LogP contribution in [0.25, 0.3) is 10.6 Å². The van der Waals surface area contributed by atoms with Gasteiger partial charge in [-0.3, -0.25) is 5.32 Å². The van der Waals surface area contributed by atoms with E-state index >= 15 is 0 Å². The average Bonchev–Trinajstić information content (AvgIpc) is 3.26. The van der Waals surface area contributed by atoms with Crippen molar-refractivity contribution >= 4 is 22.5 Å². The van der Waals surface area contributed by atoms with Crippen LogP contribution in [-0.2, 0) is 0 Å². The molecule has 1 aromatic carbocycles. The molecule has 3 rings (SSSR count). The van der Waals surface area contributed by atoms with Gasteiger partial charge in [0.15, 0.2) is 0 Å². The van der Waals surface area contributed by atoms with Gasteiger partial charge in [0.1, 0.15) is 17.0 Å². The highest BCUT2D eigenvalue weighted by molar-refractivity contribution is 7.18. The van der Waals surface area contributed by atoms with E-state index < -0.39 is 0 Å². The third-order valence-corrected chi connectivity index (χ3v) is 4.61. The molecule has 0 aliphatic heterocycles. The smallest absolute Gasteiger partial charge is 0.321 e. The predicted octanol–water partition coefficient (Wildman–Crippen LogP) is 4.20. The molecule has 0 saturated heterocycles. The number of hydrogen-bond acceptors (Lipinski definition) is 6. The van der Waals surface area contributed by atoms with Crippen molar-refractivity contribution in [1.82, 2.24) is 20.7 Å². The first-order valence-corrected chi connectivity index (χ1v) is 8.76. The highest BCUT2D eigenvalue weighted by Gasteiger charge is 2.14. The normalized spacial score (nSPS) is 12.2. The zero-order chi connectivity index (χ0) is 17.8. The van der Waals surface area contributed by atoms with Crippen LogP contribution in [-0.4, -0.2) is 21.4 Å². The van der Waals surface area contributed by atoms with Crippen molar-refractivity contribution in [2.45, 2.75) is 32.7 Å². The van der Waals surface area contributed by atoms with Crippen molar-refractivity contribution in [2.75, 3.05) is 5.32 Å². The van der Waals surface area contributed by atoms with Gasteiger partial charge in [0.25, 0.3) is 0 Å². The molecule has 0 spiro atoms. The second-order valence-electron chi connectivity index (χ2n) is 5.93. The van der Waals surface area contributed by atoms with Gasteiger partial charge in [-0.05, 0) is 18.4 Å². The first-order valence-electron chi connectivity index (χ1n) is 7.94. The summed E-state index contributed by atoms with van der Waals surface area (Å²) in [5.74, 6) is 0.482. The molecule has 25 heavy (non-hydrogen) atoms. The fraction of sp³-hybridized carbons (Fsp3) is 0.294. The van der Waals surface area contributed by atoms with Crippen molar-refractivity contribution in [3.8, 4) is 10.6 Å². The van der Waals surface area contributed by atoms with Gasteiger partial charge in [0.2, 0.25) is 5.13 Å². The molecule has 0 radical (unpaired) electrons. The van der Waals surface area contributed by atoms with Gasteiger partial charge in [0.05, 0.1) is 6.04 Å². The minimum Gasteiger partial charge on any atom is -0.364 e. The van der Waals surface area contributed by atoms with Crippen molar-refractivity contribution < 1.29 is 9.32 Å². The van der Waals surface area contributed by atoms with Crippen LogP contribution in [0, 0.1) is 0 Å². The number of hydrogen-bond donors (Lipinski definition) is 2. The number of benzene rings is 1. The molecule has 2 amide bonds. The molecule has 2 N–H and O–H groups in total. The first kappa shape index (κ1) is 17.1. The maximum absolute atomic E-state index is 12.0. The molecule has 0 bridgehead atoms. The number of anilines is 1. The van der Waals surface area contributed by atoms with E-state index in [0.717, 1.165) is 10.6 Å². The van der Waals surface area contributed by atoms with E-state index in [2.05, 4.69) is 52.0 Å². The molecule has 2 heterocycles. The molecule has 7 nitrogen and oxygen atoms in total. The van der Waals surface area contributed by atoms with Crippen LogP contribution in [0.1, 0.15) is 44.0 Å². The Kier molecular flexibility index (Phi) is 5.08. The highest BCUT2D eigenvalue weighted by Crippen LogP contribution is 2.27. The number of carbonyl (C=O) groups excluding carboxylic acids is 1. The Labute approximate surface area is 149 Å². The summed E-state index contributed by atoms with van der Waals surface area (Å²) in [6.07, 6.45) is 1.47. The van der Waals surface area contributed by atoms with Gasteiger partial charge < -0.3 is 9.84 Å². The Hall–Kier alpha value is -2.74. The Morgan fingerprint density at radius 3 is 2.52 bits per heavy atom. The van der Waals surface area contributed by atoms with E-state index in [0.29, 0.717) is 16.7 Å². The SMILES string of the molecule is CC(C)c1ccc(-c2nnc(NC(=O)NC(C)c3ccon3)s2)cc1. The second kappa shape index (κ2) is 7.43. The lowest BCUT2D eigenvalue weighted by Crippen LogP contribution is -2.31. The number of rotatable bonds is 5. The van der Waals surface area contributed by atoms with Crippen molar-refractivity contribution in [3.63, 3.8) is 0 Å². The van der Waals surface area contributed by atoms with E-state index in [1.165, 1.54) is 23.2 Å². The summed E-state index contributed by atoms with van der Waals surface area (Å²) in [7, 11) is 0. The Bertz CT molecular complexity index is 827. The van der Waals surface area contributed by atoms with Gasteiger partial charge in [-0.25, -0.2) is 4.79 Å². The van der Waals surface area contributed by atoms with Crippen LogP contribution >= 0.6 is 11.3 Å². The van der Waals surface area contributed by atoms with E-state index in [1.54, 1.807) is 6.07 Å². The van der Waals surface area contributed by atoms with Crippen LogP contribution in [0.2, 0.25) is 0 Å². The molecule has 0 saturated carbocycles. The van der Waals surface area contributed by atoms with Crippen LogP contribution in [0.15, 0.2) is 41.1 Å². The van der Waals surface area contributed by atoms with Crippen molar-refractivity contribution in [1.29, 1.82) is 0 Å². The lowest BCUT2D eigenvalue weighted by Gasteiger charge is -2.10. The lowest BCUT2D eigenvalue weighted by molar-refractivity contribution is 0.248. The zero-order valence-electron chi connectivity index (χ0n) is 14.2. The standard InChI is InChI=1S/C17H19N5O2S/c1-10(2)12-4-6-13(7-5-12)15-20-21-17(25-15)19-16(23)18-11(3)14-8-9-24-22-14/h4-11H,1-3H3,(H2,18,19,21,23). The molecule has 1 unspecified atom stereocenters. The molecule has 1 atom stereocenters. The van der Waals surface area contributed by atoms with E-state index in [9.17, 15) is 4.79 Å². The van der Waals surface area contributed by atoms with Crippen molar-refractivity contribution in [3.05, 3.63) is 47.9 Å². The third kappa shape index (κ3) is 4.21. The summed E-state index contributed by atoms with van der Waals surface area (Å²) >= 11 is 1.32. The van der Waals surface area contributed by atoms with Crippen LogP contribution < -0.4 is 10.6 Å². The second-order valence-corrected chi connectivity index (χ2v) is 6.91. The number of nitrogens with zero attached hydrogens (tertiary/aromatic N) is 3. The predicted molar refractivity (Wildman–Crippen MR) is 96.5 cm³/mol. The van der Waals surface area contributed by atoms with Gasteiger partial charge in [-0.15, -0.1) is 10.2 Å². The summed E-state index contributed by atoms with van der Waals surface area (Å²) in [6, 6.07) is 9.28. The van der Waals surface area contributed by atoms with Gasteiger partial charge in [-0.2, -0.15) is 0 Å². The molecule has 0 aliphatic rings. The number of aromatic nitrogens is 3. The van der Waals surface area contributed by atoms with Gasteiger partial charge in [-0.1, -0.05) is 54.6 Å². The Morgan fingerprint density at radius 2 is 1.88 bits per heavy atom. The molecule has 0 fully saturated rings. The monoisotopic (exact) mass is 357 g/mol. The van der Waals surface area contributed by atoms with Gasteiger partial charge >= 0.3 is 6.03 Å². The largest absolute Gasteiger partial charge is 0.364 e. The number of urea groups is 1. The molecule has 0 aliphatic carbocycles. The average molecular weight is 357 g/mol. The number of nitrogens with one attached hydrogen (secondary N) is 2. The zero-order valence-corrected chi connectivity index (χ0v) is 15.0. The summed E-state index contributed by atoms with van der Waals surface area (Å²) in [4.78, 5) is 12.0. The Morgan fingerprint density at radius 1 is 1.12 bits per heavy atom. The number of carbonyl (C=O) groups is 1. The van der Waals surface area contributed by atoms with Crippen LogP contribution in [0.4, 0.5) is 9.93 Å². The summed E-state index contributed by atoms with van der Waals surface area (Å²) in [5, 5.41) is 18.6. The summed E-state index contributed by atoms with van der Waals surface area (Å²) in [6.45, 7) is 6.13. The highest BCUT2D eigenvalue weighted by atomic mass is 32.1. The number of amides is 2. The maximum Gasteiger partial charge on any atom is 0.321 e. The fourth-order valence-electron chi connectivity index (χ4n) is 2.25. The molecular weight excluding hydrogens is 338 g/mol. The summed E-state index contributed by atoms with van der Waals surface area (Å²) in [5.41, 5.74) is 2.90. The minimum atomic E-state index is -0.367. The molecule has 3 aromatic rings. The minimum absolute atomic E-state index is 0.269. The van der Waals surface area contributed by atoms with Crippen molar-refractivity contribution in [2.24, 2.45) is 0 Å². The Balaban J connectivity index is 1.62. The van der Waals surface area contributed by atoms with E-state index in [4.69, 9.17) is 4.52 Å². The summed E-state index contributed by atoms with van der Waals surface area (Å²) < 4.78 is 4.77. The quantitative estimate of drug-likeness (QED) is 0.714. The molecule has 8 heteroatoms. The fourth-order valence-corrected chi connectivity index (χ4v) is 2.99. The van der Waals surface area contributed by atoms with Crippen LogP contribution in [0.3, 0.4) is 0 Å². The molecule has 2 aromatic heterocycles. The lowest BCUT2D eigenvalue weighted by atomic mass is 10.0. The molecule has 130 valence electrons. The van der Waals surface area contributed by atoms with Crippen LogP contribution in [0.5, 0.6) is 0 Å². The van der Waals surface area contributed by atoms with E-state index in [-0.39, 0.29) is 12.1 Å².